The zero-order valence-corrected chi connectivity index (χ0v) is 8.11. The first-order valence-electron chi connectivity index (χ1n) is 3.12. The Morgan fingerprint density at radius 1 is 1.91 bits per heavy atom. The summed E-state index contributed by atoms with van der Waals surface area (Å²) in [5, 5.41) is 3.77. The average molecular weight is 266 g/mol. The van der Waals surface area contributed by atoms with Crippen LogP contribution in [0.1, 0.15) is 6.92 Å². The number of aromatic nitrogens is 2. The second-order valence-corrected chi connectivity index (χ2v) is 2.87. The standard InChI is InChI=1S/C6H7IN2O2/c1-2-11-6(10)9-5(7)3-4-8-9/h3-4H,2H2,1H3. The summed E-state index contributed by atoms with van der Waals surface area (Å²) in [5.41, 5.74) is 0. The van der Waals surface area contributed by atoms with Crippen molar-refractivity contribution in [1.82, 2.24) is 9.78 Å². The molecule has 11 heavy (non-hydrogen) atoms. The van der Waals surface area contributed by atoms with E-state index in [1.165, 1.54) is 4.68 Å². The van der Waals surface area contributed by atoms with Crippen molar-refractivity contribution < 1.29 is 9.53 Å². The molecule has 0 aliphatic heterocycles. The smallest absolute Gasteiger partial charge is 0.435 e. The molecule has 0 unspecified atom stereocenters. The monoisotopic (exact) mass is 266 g/mol. The van der Waals surface area contributed by atoms with Crippen molar-refractivity contribution in [3.63, 3.8) is 0 Å². The van der Waals surface area contributed by atoms with Gasteiger partial charge in [0.25, 0.3) is 0 Å². The van der Waals surface area contributed by atoms with Crippen molar-refractivity contribution in [3.05, 3.63) is 16.0 Å². The third-order valence-electron chi connectivity index (χ3n) is 1.04. The van der Waals surface area contributed by atoms with Crippen LogP contribution in [0.5, 0.6) is 0 Å². The van der Waals surface area contributed by atoms with Crippen molar-refractivity contribution >= 4 is 28.7 Å². The van der Waals surface area contributed by atoms with Crippen molar-refractivity contribution in [2.75, 3.05) is 6.61 Å². The number of halogens is 1. The van der Waals surface area contributed by atoms with E-state index in [1.807, 2.05) is 22.6 Å². The molecular weight excluding hydrogens is 259 g/mol. The van der Waals surface area contributed by atoms with Gasteiger partial charge in [-0.1, -0.05) is 0 Å². The van der Waals surface area contributed by atoms with Crippen LogP contribution in [0.3, 0.4) is 0 Å². The lowest BCUT2D eigenvalue weighted by Crippen LogP contribution is -2.16. The van der Waals surface area contributed by atoms with Gasteiger partial charge in [-0.15, -0.1) is 0 Å². The molecule has 5 heteroatoms. The minimum Gasteiger partial charge on any atom is -0.448 e. The molecule has 4 nitrogen and oxygen atoms in total. The lowest BCUT2D eigenvalue weighted by atomic mass is 10.7. The summed E-state index contributed by atoms with van der Waals surface area (Å²) < 4.78 is 6.69. The first-order valence-corrected chi connectivity index (χ1v) is 4.20. The van der Waals surface area contributed by atoms with Crippen LogP contribution in [0.2, 0.25) is 0 Å². The van der Waals surface area contributed by atoms with Crippen LogP contribution in [0.15, 0.2) is 12.3 Å². The van der Waals surface area contributed by atoms with Gasteiger partial charge in [-0.2, -0.15) is 9.78 Å². The Morgan fingerprint density at radius 3 is 3.09 bits per heavy atom. The highest BCUT2D eigenvalue weighted by Gasteiger charge is 2.07. The molecule has 0 fully saturated rings. The summed E-state index contributed by atoms with van der Waals surface area (Å²) in [7, 11) is 0. The van der Waals surface area contributed by atoms with Gasteiger partial charge in [0, 0.05) is 0 Å². The van der Waals surface area contributed by atoms with Crippen molar-refractivity contribution in [2.45, 2.75) is 6.92 Å². The lowest BCUT2D eigenvalue weighted by Gasteiger charge is -2.00. The van der Waals surface area contributed by atoms with Gasteiger partial charge in [0.15, 0.2) is 0 Å². The van der Waals surface area contributed by atoms with E-state index in [-0.39, 0.29) is 0 Å². The molecule has 1 rings (SSSR count). The average Bonchev–Trinajstić information content (AvgIpc) is 2.36. The van der Waals surface area contributed by atoms with E-state index >= 15 is 0 Å². The normalized spacial score (nSPS) is 9.64. The molecule has 0 bridgehead atoms. The zero-order chi connectivity index (χ0) is 8.27. The molecule has 1 aromatic rings. The van der Waals surface area contributed by atoms with Crippen molar-refractivity contribution in [1.29, 1.82) is 0 Å². The Kier molecular flexibility index (Phi) is 2.86. The molecule has 0 N–H and O–H groups in total. The summed E-state index contributed by atoms with van der Waals surface area (Å²) in [6.07, 6.45) is 1.13. The minimum atomic E-state index is -0.429. The maximum Gasteiger partial charge on any atom is 0.435 e. The minimum absolute atomic E-state index is 0.370. The largest absolute Gasteiger partial charge is 0.448 e. The van der Waals surface area contributed by atoms with Gasteiger partial charge in [-0.25, -0.2) is 4.79 Å². The molecule has 0 aliphatic carbocycles. The number of rotatable bonds is 1. The van der Waals surface area contributed by atoms with Gasteiger partial charge in [-0.05, 0) is 35.6 Å². The maximum absolute atomic E-state index is 11.0. The quantitative estimate of drug-likeness (QED) is 0.723. The summed E-state index contributed by atoms with van der Waals surface area (Å²) in [4.78, 5) is 11.0. The van der Waals surface area contributed by atoms with Gasteiger partial charge in [0.05, 0.1) is 12.8 Å². The highest BCUT2D eigenvalue weighted by molar-refractivity contribution is 14.1. The SMILES string of the molecule is CCOC(=O)n1nccc1I. The number of nitrogens with zero attached hydrogens (tertiary/aromatic N) is 2. The topological polar surface area (TPSA) is 44.1 Å². The van der Waals surface area contributed by atoms with Crippen LogP contribution in [-0.4, -0.2) is 22.5 Å². The van der Waals surface area contributed by atoms with Crippen molar-refractivity contribution in [3.8, 4) is 0 Å². The first-order chi connectivity index (χ1) is 5.25. The van der Waals surface area contributed by atoms with Crippen molar-refractivity contribution in [2.24, 2.45) is 0 Å². The van der Waals surface area contributed by atoms with E-state index in [0.29, 0.717) is 6.61 Å². The molecule has 0 aliphatic rings. The fourth-order valence-corrected chi connectivity index (χ4v) is 1.09. The molecule has 1 aromatic heterocycles. The van der Waals surface area contributed by atoms with E-state index in [4.69, 9.17) is 4.74 Å². The second-order valence-electron chi connectivity index (χ2n) is 1.76. The molecular formula is C6H7IN2O2. The lowest BCUT2D eigenvalue weighted by molar-refractivity contribution is 0.149. The van der Waals surface area contributed by atoms with Gasteiger partial charge in [0.1, 0.15) is 3.70 Å². The Morgan fingerprint density at radius 2 is 2.64 bits per heavy atom. The fraction of sp³-hybridized carbons (Fsp3) is 0.333. The van der Waals surface area contributed by atoms with E-state index in [2.05, 4.69) is 5.10 Å². The molecule has 0 radical (unpaired) electrons. The van der Waals surface area contributed by atoms with Crippen LogP contribution < -0.4 is 0 Å². The number of hydrogen-bond acceptors (Lipinski definition) is 3. The Hall–Kier alpha value is -0.590. The molecule has 0 saturated heterocycles. The Balaban J connectivity index is 2.76. The summed E-state index contributed by atoms with van der Waals surface area (Å²) >= 11 is 2.01. The van der Waals surface area contributed by atoms with Gasteiger partial charge < -0.3 is 4.74 Å². The number of hydrogen-bond donors (Lipinski definition) is 0. The summed E-state index contributed by atoms with van der Waals surface area (Å²) in [5.74, 6) is 0. The van der Waals surface area contributed by atoms with Gasteiger partial charge in [0.2, 0.25) is 0 Å². The summed E-state index contributed by atoms with van der Waals surface area (Å²) in [6, 6.07) is 1.73. The molecule has 0 amide bonds. The number of carbonyl (C=O) groups is 1. The zero-order valence-electron chi connectivity index (χ0n) is 5.95. The van der Waals surface area contributed by atoms with Crippen LogP contribution in [0.25, 0.3) is 0 Å². The molecule has 0 spiro atoms. The van der Waals surface area contributed by atoms with E-state index in [1.54, 1.807) is 19.2 Å². The fourth-order valence-electron chi connectivity index (χ4n) is 0.606. The van der Waals surface area contributed by atoms with Gasteiger partial charge in [-0.3, -0.25) is 0 Å². The highest BCUT2D eigenvalue weighted by Crippen LogP contribution is 2.02. The van der Waals surface area contributed by atoms with Crippen LogP contribution >= 0.6 is 22.6 Å². The number of carbonyl (C=O) groups excluding carboxylic acids is 1. The molecule has 0 saturated carbocycles. The van der Waals surface area contributed by atoms with Crippen LogP contribution in [0.4, 0.5) is 4.79 Å². The van der Waals surface area contributed by atoms with Gasteiger partial charge >= 0.3 is 6.09 Å². The summed E-state index contributed by atoms with van der Waals surface area (Å²) in [6.45, 7) is 2.13. The molecule has 0 atom stereocenters. The van der Waals surface area contributed by atoms with E-state index in [0.717, 1.165) is 3.70 Å². The third-order valence-corrected chi connectivity index (χ3v) is 1.85. The first kappa shape index (κ1) is 8.51. The van der Waals surface area contributed by atoms with E-state index in [9.17, 15) is 4.79 Å². The van der Waals surface area contributed by atoms with Crippen LogP contribution in [0, 0.1) is 3.70 Å². The predicted octanol–water partition coefficient (Wildman–Crippen LogP) is 1.49. The van der Waals surface area contributed by atoms with Crippen LogP contribution in [-0.2, 0) is 4.74 Å². The predicted molar refractivity (Wildman–Crippen MR) is 47.4 cm³/mol. The Labute approximate surface area is 77.7 Å². The molecule has 1 heterocycles. The third kappa shape index (κ3) is 1.92. The van der Waals surface area contributed by atoms with E-state index < -0.39 is 6.09 Å². The maximum atomic E-state index is 11.0. The molecule has 0 aromatic carbocycles. The highest BCUT2D eigenvalue weighted by atomic mass is 127. The number of ether oxygens (including phenoxy) is 1. The Bertz CT molecular complexity index is 259. The molecule has 60 valence electrons. The second kappa shape index (κ2) is 3.70.